The van der Waals surface area contributed by atoms with E-state index in [1.165, 1.54) is 0 Å². The molecule has 2 rings (SSSR count). The molecule has 1 N–H and O–H groups in total. The summed E-state index contributed by atoms with van der Waals surface area (Å²) in [6.07, 6.45) is 0. The van der Waals surface area contributed by atoms with Crippen molar-refractivity contribution in [2.24, 2.45) is 0 Å². The minimum absolute atomic E-state index is 0.474. The van der Waals surface area contributed by atoms with Gasteiger partial charge in [-0.3, -0.25) is 5.10 Å². The molecule has 0 aliphatic heterocycles. The molecule has 1 aromatic heterocycles. The van der Waals surface area contributed by atoms with E-state index < -0.39 is 0 Å². The van der Waals surface area contributed by atoms with Crippen molar-refractivity contribution in [2.75, 3.05) is 7.11 Å². The first-order chi connectivity index (χ1) is 8.11. The second-order valence-corrected chi connectivity index (χ2v) is 4.75. The van der Waals surface area contributed by atoms with Gasteiger partial charge in [-0.2, -0.15) is 0 Å². The molecule has 17 heavy (non-hydrogen) atoms. The number of hydrogen-bond acceptors (Lipinski definition) is 2. The van der Waals surface area contributed by atoms with E-state index in [9.17, 15) is 0 Å². The Balaban J connectivity index is 2.49. The Morgan fingerprint density at radius 3 is 2.76 bits per heavy atom. The van der Waals surface area contributed by atoms with E-state index in [-0.39, 0.29) is 0 Å². The summed E-state index contributed by atoms with van der Waals surface area (Å²) in [6.45, 7) is 0.474. The zero-order chi connectivity index (χ0) is 12.4. The predicted octanol–water partition coefficient (Wildman–Crippen LogP) is 3.99. The van der Waals surface area contributed by atoms with Gasteiger partial charge in [0.05, 0.1) is 23.0 Å². The standard InChI is InChI=1S/C11H10Cl2N2OS/c1-16-6-8-5-11(17)15(14-8)10-3-2-7(12)4-9(10)13/h2-5,14H,6H2,1H3. The van der Waals surface area contributed by atoms with Crippen LogP contribution in [0.25, 0.3) is 5.69 Å². The van der Waals surface area contributed by atoms with Crippen LogP contribution in [-0.2, 0) is 11.3 Å². The monoisotopic (exact) mass is 288 g/mol. The quantitative estimate of drug-likeness (QED) is 0.866. The van der Waals surface area contributed by atoms with Crippen molar-refractivity contribution in [1.29, 1.82) is 0 Å². The van der Waals surface area contributed by atoms with E-state index in [0.29, 0.717) is 21.3 Å². The second-order valence-electron chi connectivity index (χ2n) is 3.48. The summed E-state index contributed by atoms with van der Waals surface area (Å²) in [5.41, 5.74) is 1.66. The van der Waals surface area contributed by atoms with Crippen LogP contribution in [-0.4, -0.2) is 16.9 Å². The van der Waals surface area contributed by atoms with E-state index in [1.807, 2.05) is 12.1 Å². The highest BCUT2D eigenvalue weighted by Crippen LogP contribution is 2.24. The number of aromatic nitrogens is 2. The topological polar surface area (TPSA) is 29.9 Å². The smallest absolute Gasteiger partial charge is 0.128 e. The molecule has 0 unspecified atom stereocenters. The summed E-state index contributed by atoms with van der Waals surface area (Å²) in [7, 11) is 1.63. The van der Waals surface area contributed by atoms with Gasteiger partial charge in [0.15, 0.2) is 0 Å². The normalized spacial score (nSPS) is 10.8. The summed E-state index contributed by atoms with van der Waals surface area (Å²) in [6, 6.07) is 7.09. The highest BCUT2D eigenvalue weighted by Gasteiger charge is 2.07. The third-order valence-electron chi connectivity index (χ3n) is 2.22. The molecule has 3 nitrogen and oxygen atoms in total. The third kappa shape index (κ3) is 2.72. The second kappa shape index (κ2) is 5.23. The van der Waals surface area contributed by atoms with Gasteiger partial charge in [-0.05, 0) is 24.3 Å². The number of ether oxygens (including phenoxy) is 1. The molecule has 1 aromatic carbocycles. The van der Waals surface area contributed by atoms with Crippen LogP contribution in [0.15, 0.2) is 24.3 Å². The first-order valence-corrected chi connectivity index (χ1v) is 6.03. The van der Waals surface area contributed by atoms with Crippen molar-refractivity contribution in [1.82, 2.24) is 9.78 Å². The SMILES string of the molecule is COCc1cc(=S)n(-c2ccc(Cl)cc2Cl)[nH]1. The van der Waals surface area contributed by atoms with Gasteiger partial charge in [0.2, 0.25) is 0 Å². The number of aromatic amines is 1. The fraction of sp³-hybridized carbons (Fsp3) is 0.182. The van der Waals surface area contributed by atoms with Crippen LogP contribution in [0.3, 0.4) is 0 Å². The molecule has 0 amide bonds. The summed E-state index contributed by atoms with van der Waals surface area (Å²) in [4.78, 5) is 0. The van der Waals surface area contributed by atoms with Crippen LogP contribution in [0, 0.1) is 4.64 Å². The van der Waals surface area contributed by atoms with Crippen LogP contribution in [0.1, 0.15) is 5.69 Å². The number of nitrogens with one attached hydrogen (secondary N) is 1. The molecule has 0 saturated heterocycles. The lowest BCUT2D eigenvalue weighted by Gasteiger charge is -2.06. The molecule has 0 fully saturated rings. The fourth-order valence-corrected chi connectivity index (χ4v) is 2.29. The van der Waals surface area contributed by atoms with Crippen molar-refractivity contribution in [3.63, 3.8) is 0 Å². The molecule has 0 aliphatic rings. The number of rotatable bonds is 3. The predicted molar refractivity (Wildman–Crippen MR) is 71.7 cm³/mol. The highest BCUT2D eigenvalue weighted by atomic mass is 35.5. The van der Waals surface area contributed by atoms with Crippen LogP contribution < -0.4 is 0 Å². The lowest BCUT2D eigenvalue weighted by Crippen LogP contribution is -1.98. The first kappa shape index (κ1) is 12.6. The van der Waals surface area contributed by atoms with Crippen LogP contribution >= 0.6 is 35.4 Å². The van der Waals surface area contributed by atoms with Gasteiger partial charge in [0.25, 0.3) is 0 Å². The van der Waals surface area contributed by atoms with Gasteiger partial charge in [-0.25, -0.2) is 4.68 Å². The molecular formula is C11H10Cl2N2OS. The van der Waals surface area contributed by atoms with Crippen molar-refractivity contribution in [3.05, 3.63) is 44.6 Å². The number of halogens is 2. The Morgan fingerprint density at radius 1 is 1.35 bits per heavy atom. The highest BCUT2D eigenvalue weighted by molar-refractivity contribution is 7.71. The van der Waals surface area contributed by atoms with Gasteiger partial charge in [-0.1, -0.05) is 35.4 Å². The molecule has 90 valence electrons. The molecule has 0 bridgehead atoms. The summed E-state index contributed by atoms with van der Waals surface area (Å²) in [5.74, 6) is 0. The Bertz CT molecular complexity index is 591. The molecule has 6 heteroatoms. The Kier molecular flexibility index (Phi) is 3.89. The lowest BCUT2D eigenvalue weighted by atomic mass is 10.3. The first-order valence-electron chi connectivity index (χ1n) is 4.87. The zero-order valence-electron chi connectivity index (χ0n) is 9.04. The molecule has 0 atom stereocenters. The summed E-state index contributed by atoms with van der Waals surface area (Å²) >= 11 is 17.2. The number of methoxy groups -OCH3 is 1. The van der Waals surface area contributed by atoms with E-state index in [0.717, 1.165) is 11.4 Å². The maximum atomic E-state index is 6.12. The van der Waals surface area contributed by atoms with Gasteiger partial charge < -0.3 is 4.74 Å². The maximum Gasteiger partial charge on any atom is 0.128 e. The Hall–Kier alpha value is -0.810. The van der Waals surface area contributed by atoms with E-state index in [2.05, 4.69) is 5.10 Å². The minimum Gasteiger partial charge on any atom is -0.378 e. The van der Waals surface area contributed by atoms with Crippen molar-refractivity contribution < 1.29 is 4.74 Å². The fourth-order valence-electron chi connectivity index (χ4n) is 1.52. The molecule has 0 radical (unpaired) electrons. The Morgan fingerprint density at radius 2 is 2.12 bits per heavy atom. The summed E-state index contributed by atoms with van der Waals surface area (Å²) in [5, 5.41) is 4.25. The maximum absolute atomic E-state index is 6.12. The summed E-state index contributed by atoms with van der Waals surface area (Å²) < 4.78 is 7.40. The van der Waals surface area contributed by atoms with E-state index in [4.69, 9.17) is 40.2 Å². The lowest BCUT2D eigenvalue weighted by molar-refractivity contribution is 0.181. The van der Waals surface area contributed by atoms with Crippen LogP contribution in [0.2, 0.25) is 10.0 Å². The molecule has 0 aliphatic carbocycles. The molecular weight excluding hydrogens is 279 g/mol. The average molecular weight is 289 g/mol. The Labute approximate surface area is 114 Å². The minimum atomic E-state index is 0.474. The van der Waals surface area contributed by atoms with E-state index >= 15 is 0 Å². The van der Waals surface area contributed by atoms with Crippen LogP contribution in [0.5, 0.6) is 0 Å². The number of H-pyrrole nitrogens is 1. The molecule has 2 aromatic rings. The molecule has 0 spiro atoms. The van der Waals surface area contributed by atoms with Gasteiger partial charge in [0.1, 0.15) is 4.64 Å². The number of benzene rings is 1. The van der Waals surface area contributed by atoms with Crippen molar-refractivity contribution >= 4 is 35.4 Å². The van der Waals surface area contributed by atoms with Gasteiger partial charge in [-0.15, -0.1) is 0 Å². The number of hydrogen-bond donors (Lipinski definition) is 1. The largest absolute Gasteiger partial charge is 0.378 e. The zero-order valence-corrected chi connectivity index (χ0v) is 11.4. The average Bonchev–Trinajstić information content (AvgIpc) is 2.60. The molecule has 1 heterocycles. The van der Waals surface area contributed by atoms with Crippen molar-refractivity contribution in [2.45, 2.75) is 6.61 Å². The third-order valence-corrected chi connectivity index (χ3v) is 3.06. The van der Waals surface area contributed by atoms with E-state index in [1.54, 1.807) is 23.9 Å². The van der Waals surface area contributed by atoms with Gasteiger partial charge in [0, 0.05) is 12.1 Å². The number of nitrogens with zero attached hydrogens (tertiary/aromatic N) is 1. The van der Waals surface area contributed by atoms with Crippen molar-refractivity contribution in [3.8, 4) is 5.69 Å². The molecule has 0 saturated carbocycles. The van der Waals surface area contributed by atoms with Gasteiger partial charge >= 0.3 is 0 Å². The van der Waals surface area contributed by atoms with Crippen LogP contribution in [0.4, 0.5) is 0 Å².